The molecule has 0 saturated heterocycles. The van der Waals surface area contributed by atoms with Crippen LogP contribution < -0.4 is 9.13 Å². The normalized spacial score (nSPS) is 14.4. The number of pyridine rings is 2. The van der Waals surface area contributed by atoms with Crippen LogP contribution in [-0.4, -0.2) is 0 Å². The third kappa shape index (κ3) is 1.77. The van der Waals surface area contributed by atoms with Gasteiger partial charge in [0, 0.05) is 37.1 Å². The molecule has 2 heteroatoms. The molecule has 0 amide bonds. The molecule has 0 spiro atoms. The van der Waals surface area contributed by atoms with Crippen molar-refractivity contribution in [1.29, 1.82) is 0 Å². The molecule has 24 heavy (non-hydrogen) atoms. The summed E-state index contributed by atoms with van der Waals surface area (Å²) >= 11 is 0. The van der Waals surface area contributed by atoms with Crippen LogP contribution >= 0.6 is 0 Å². The van der Waals surface area contributed by atoms with Crippen molar-refractivity contribution in [3.05, 3.63) is 71.0 Å². The highest BCUT2D eigenvalue weighted by Crippen LogP contribution is 2.42. The van der Waals surface area contributed by atoms with Gasteiger partial charge in [0.15, 0.2) is 25.5 Å². The van der Waals surface area contributed by atoms with E-state index in [1.54, 1.807) is 11.1 Å². The Hall–Kier alpha value is -2.48. The number of benzene rings is 1. The van der Waals surface area contributed by atoms with Gasteiger partial charge in [-0.2, -0.15) is 9.13 Å². The van der Waals surface area contributed by atoms with E-state index in [0.29, 0.717) is 0 Å². The molecule has 0 radical (unpaired) electrons. The first-order chi connectivity index (χ1) is 11.8. The topological polar surface area (TPSA) is 7.76 Å². The average molecular weight is 314 g/mol. The Balaban J connectivity index is 1.95. The molecular weight excluding hydrogens is 292 g/mol. The van der Waals surface area contributed by atoms with Crippen molar-refractivity contribution in [2.24, 2.45) is 0 Å². The third-order valence-electron chi connectivity index (χ3n) is 5.92. The van der Waals surface area contributed by atoms with Gasteiger partial charge in [0.05, 0.1) is 11.1 Å². The summed E-state index contributed by atoms with van der Waals surface area (Å²) in [5, 5.41) is 0. The first-order valence-electron chi connectivity index (χ1n) is 8.88. The minimum atomic E-state index is 1.08. The molecule has 0 atom stereocenters. The van der Waals surface area contributed by atoms with Crippen LogP contribution in [0.25, 0.3) is 22.5 Å². The maximum absolute atomic E-state index is 2.42. The quantitative estimate of drug-likeness (QED) is 0.562. The van der Waals surface area contributed by atoms with E-state index in [-0.39, 0.29) is 0 Å². The molecule has 0 N–H and O–H groups in total. The zero-order chi connectivity index (χ0) is 16.3. The summed E-state index contributed by atoms with van der Waals surface area (Å²) in [4.78, 5) is 0. The zero-order valence-corrected chi connectivity index (χ0v) is 14.3. The number of nitrogens with zero attached hydrogens (tertiary/aromatic N) is 2. The van der Waals surface area contributed by atoms with Crippen LogP contribution in [0.3, 0.4) is 0 Å². The Kier molecular flexibility index (Phi) is 2.90. The lowest BCUT2D eigenvalue weighted by atomic mass is 9.80. The molecule has 0 bridgehead atoms. The third-order valence-corrected chi connectivity index (χ3v) is 5.92. The molecule has 4 heterocycles. The van der Waals surface area contributed by atoms with Crippen molar-refractivity contribution in [2.75, 3.05) is 0 Å². The smallest absolute Gasteiger partial charge is 0.198 e. The predicted octanol–water partition coefficient (Wildman–Crippen LogP) is 3.32. The summed E-state index contributed by atoms with van der Waals surface area (Å²) in [6.45, 7) is 6.80. The fraction of sp³-hybridized carbons (Fsp3) is 0.273. The second-order valence-corrected chi connectivity index (χ2v) is 7.02. The summed E-state index contributed by atoms with van der Waals surface area (Å²) in [7, 11) is 0. The van der Waals surface area contributed by atoms with Gasteiger partial charge in [-0.3, -0.25) is 0 Å². The van der Waals surface area contributed by atoms with E-state index >= 15 is 0 Å². The molecule has 3 aromatic rings. The maximum atomic E-state index is 2.42. The van der Waals surface area contributed by atoms with Gasteiger partial charge in [-0.25, -0.2) is 0 Å². The monoisotopic (exact) mass is 314 g/mol. The summed E-state index contributed by atoms with van der Waals surface area (Å²) < 4.78 is 4.83. The first-order valence-corrected chi connectivity index (χ1v) is 8.88. The van der Waals surface area contributed by atoms with Crippen molar-refractivity contribution in [2.45, 2.75) is 39.8 Å². The first kappa shape index (κ1) is 13.9. The van der Waals surface area contributed by atoms with Crippen molar-refractivity contribution in [3.8, 4) is 22.5 Å². The van der Waals surface area contributed by atoms with E-state index in [1.807, 2.05) is 0 Å². The largest absolute Gasteiger partial charge is 0.213 e. The SMILES string of the molecule is Cc1c(C)c2c(c3c1CC[n+]1ccccc1-3)-c1cccc[n+]1CC2. The van der Waals surface area contributed by atoms with Crippen molar-refractivity contribution < 1.29 is 9.13 Å². The molecule has 0 unspecified atom stereocenters. The molecule has 0 aliphatic carbocycles. The number of rotatable bonds is 0. The lowest BCUT2D eigenvalue weighted by Gasteiger charge is -2.26. The molecule has 118 valence electrons. The van der Waals surface area contributed by atoms with Gasteiger partial charge >= 0.3 is 0 Å². The second-order valence-electron chi connectivity index (χ2n) is 7.02. The molecule has 5 rings (SSSR count). The van der Waals surface area contributed by atoms with Crippen molar-refractivity contribution >= 4 is 0 Å². The molecular formula is C22H22N2+2. The highest BCUT2D eigenvalue weighted by atomic mass is 15.0. The van der Waals surface area contributed by atoms with E-state index in [9.17, 15) is 0 Å². The van der Waals surface area contributed by atoms with Crippen LogP contribution in [0.2, 0.25) is 0 Å². The number of hydrogen-bond donors (Lipinski definition) is 0. The molecule has 0 saturated carbocycles. The van der Waals surface area contributed by atoms with Gasteiger partial charge in [-0.15, -0.1) is 0 Å². The van der Waals surface area contributed by atoms with Crippen LogP contribution in [-0.2, 0) is 25.9 Å². The van der Waals surface area contributed by atoms with Crippen LogP contribution in [0.15, 0.2) is 48.8 Å². The van der Waals surface area contributed by atoms with Crippen LogP contribution in [0.5, 0.6) is 0 Å². The second kappa shape index (κ2) is 5.01. The van der Waals surface area contributed by atoms with Gasteiger partial charge in [0.2, 0.25) is 11.4 Å². The van der Waals surface area contributed by atoms with E-state index in [2.05, 4.69) is 71.8 Å². The highest BCUT2D eigenvalue weighted by molar-refractivity contribution is 5.86. The standard InChI is InChI=1S/C22H22N2/c1-15-16(2)18-10-14-24-12-6-4-8-20(24)22(18)21-17(15)9-13-23-11-5-3-7-19(21)23/h3-8,11-12H,9-10,13-14H2,1-2H3/q+2. The summed E-state index contributed by atoms with van der Waals surface area (Å²) in [5.74, 6) is 0. The minimum Gasteiger partial charge on any atom is -0.198 e. The Morgan fingerprint density at radius 3 is 1.58 bits per heavy atom. The molecule has 2 nitrogen and oxygen atoms in total. The Bertz CT molecular complexity index is 905. The number of aryl methyl sites for hydroxylation is 2. The fourth-order valence-corrected chi connectivity index (χ4v) is 4.58. The summed E-state index contributed by atoms with van der Waals surface area (Å²) in [6, 6.07) is 13.2. The minimum absolute atomic E-state index is 1.08. The van der Waals surface area contributed by atoms with E-state index in [0.717, 1.165) is 25.9 Å². The Labute approximate surface area is 143 Å². The molecule has 0 fully saturated rings. The van der Waals surface area contributed by atoms with Gasteiger partial charge < -0.3 is 0 Å². The van der Waals surface area contributed by atoms with Gasteiger partial charge in [-0.05, 0) is 48.2 Å². The molecule has 1 aromatic carbocycles. The molecule has 2 aliphatic rings. The van der Waals surface area contributed by atoms with Crippen molar-refractivity contribution in [3.63, 3.8) is 0 Å². The van der Waals surface area contributed by atoms with Crippen molar-refractivity contribution in [1.82, 2.24) is 0 Å². The number of fused-ring (bicyclic) bond motifs is 7. The lowest BCUT2D eigenvalue weighted by molar-refractivity contribution is -0.689. The fourth-order valence-electron chi connectivity index (χ4n) is 4.58. The van der Waals surface area contributed by atoms with E-state index in [4.69, 9.17) is 0 Å². The molecule has 2 aliphatic heterocycles. The lowest BCUT2D eigenvalue weighted by Crippen LogP contribution is -2.43. The zero-order valence-electron chi connectivity index (χ0n) is 14.3. The van der Waals surface area contributed by atoms with Gasteiger partial charge in [0.25, 0.3) is 0 Å². The van der Waals surface area contributed by atoms with E-state index < -0.39 is 0 Å². The Morgan fingerprint density at radius 2 is 1.12 bits per heavy atom. The van der Waals surface area contributed by atoms with Gasteiger partial charge in [-0.1, -0.05) is 0 Å². The highest BCUT2D eigenvalue weighted by Gasteiger charge is 2.35. The molecule has 2 aromatic heterocycles. The average Bonchev–Trinajstić information content (AvgIpc) is 2.64. The van der Waals surface area contributed by atoms with Gasteiger partial charge in [0.1, 0.15) is 0 Å². The number of hydrogen-bond acceptors (Lipinski definition) is 0. The maximum Gasteiger partial charge on any atom is 0.213 e. The van der Waals surface area contributed by atoms with Crippen LogP contribution in [0, 0.1) is 13.8 Å². The Morgan fingerprint density at radius 1 is 0.667 bits per heavy atom. The van der Waals surface area contributed by atoms with Crippen LogP contribution in [0.4, 0.5) is 0 Å². The number of aromatic nitrogens is 2. The summed E-state index contributed by atoms with van der Waals surface area (Å²) in [6.07, 6.45) is 6.71. The predicted molar refractivity (Wildman–Crippen MR) is 94.6 cm³/mol. The van der Waals surface area contributed by atoms with Crippen LogP contribution in [0.1, 0.15) is 22.3 Å². The van der Waals surface area contributed by atoms with E-state index in [1.165, 1.54) is 33.6 Å². The summed E-state index contributed by atoms with van der Waals surface area (Å²) in [5.41, 5.74) is 11.8.